The summed E-state index contributed by atoms with van der Waals surface area (Å²) in [6.07, 6.45) is 2.20. The maximum absolute atomic E-state index is 12.0. The van der Waals surface area contributed by atoms with Crippen LogP contribution in [-0.2, 0) is 29.0 Å². The molecule has 2 aromatic rings. The second-order valence-corrected chi connectivity index (χ2v) is 5.69. The standard InChI is InChI=1S/C17H19N3O3/c21-16-9-13-8-14(6-7-15(13)19-20-16)18-17(22)11-23-10-12-4-2-1-3-5-12/h1-5,9,14H,6-8,10-11H2,(H,18,22)(H,20,21). The molecule has 1 aromatic heterocycles. The number of nitrogens with zero attached hydrogens (tertiary/aromatic N) is 1. The van der Waals surface area contributed by atoms with Crippen molar-refractivity contribution in [1.82, 2.24) is 15.5 Å². The van der Waals surface area contributed by atoms with Crippen molar-refractivity contribution in [2.75, 3.05) is 6.61 Å². The van der Waals surface area contributed by atoms with Crippen LogP contribution in [0.5, 0.6) is 0 Å². The molecular weight excluding hydrogens is 294 g/mol. The summed E-state index contributed by atoms with van der Waals surface area (Å²) >= 11 is 0. The number of benzene rings is 1. The van der Waals surface area contributed by atoms with E-state index in [1.807, 2.05) is 30.3 Å². The molecule has 1 heterocycles. The monoisotopic (exact) mass is 313 g/mol. The van der Waals surface area contributed by atoms with Gasteiger partial charge >= 0.3 is 0 Å². The minimum Gasteiger partial charge on any atom is -0.367 e. The number of aryl methyl sites for hydroxylation is 1. The fourth-order valence-electron chi connectivity index (χ4n) is 2.77. The van der Waals surface area contributed by atoms with Gasteiger partial charge in [-0.05, 0) is 30.4 Å². The Hall–Kier alpha value is -2.47. The molecule has 0 spiro atoms. The molecule has 120 valence electrons. The van der Waals surface area contributed by atoms with Crippen LogP contribution in [0.3, 0.4) is 0 Å². The fourth-order valence-corrected chi connectivity index (χ4v) is 2.77. The number of ether oxygens (including phenoxy) is 1. The van der Waals surface area contributed by atoms with Crippen LogP contribution in [0.4, 0.5) is 0 Å². The number of H-pyrrole nitrogens is 1. The highest BCUT2D eigenvalue weighted by Crippen LogP contribution is 2.17. The van der Waals surface area contributed by atoms with E-state index in [0.29, 0.717) is 13.0 Å². The van der Waals surface area contributed by atoms with Gasteiger partial charge in [-0.1, -0.05) is 30.3 Å². The lowest BCUT2D eigenvalue weighted by Gasteiger charge is -2.24. The Morgan fingerprint density at radius 2 is 2.17 bits per heavy atom. The number of carbonyl (C=O) groups excluding carboxylic acids is 1. The first-order chi connectivity index (χ1) is 11.2. The molecule has 23 heavy (non-hydrogen) atoms. The van der Waals surface area contributed by atoms with E-state index in [1.54, 1.807) is 6.07 Å². The molecule has 1 aliphatic rings. The van der Waals surface area contributed by atoms with Gasteiger partial charge in [0, 0.05) is 12.1 Å². The summed E-state index contributed by atoms with van der Waals surface area (Å²) in [5, 5.41) is 9.45. The van der Waals surface area contributed by atoms with Crippen molar-refractivity contribution < 1.29 is 9.53 Å². The summed E-state index contributed by atoms with van der Waals surface area (Å²) in [4.78, 5) is 23.3. The average Bonchev–Trinajstić information content (AvgIpc) is 2.55. The van der Waals surface area contributed by atoms with E-state index < -0.39 is 0 Å². The highest BCUT2D eigenvalue weighted by atomic mass is 16.5. The van der Waals surface area contributed by atoms with Crippen molar-refractivity contribution in [3.63, 3.8) is 0 Å². The van der Waals surface area contributed by atoms with Crippen LogP contribution in [0.15, 0.2) is 41.2 Å². The van der Waals surface area contributed by atoms with E-state index in [-0.39, 0.29) is 24.1 Å². The summed E-state index contributed by atoms with van der Waals surface area (Å²) in [7, 11) is 0. The van der Waals surface area contributed by atoms with Crippen LogP contribution < -0.4 is 10.9 Å². The largest absolute Gasteiger partial charge is 0.367 e. The highest BCUT2D eigenvalue weighted by molar-refractivity contribution is 5.77. The second-order valence-electron chi connectivity index (χ2n) is 5.69. The molecule has 1 aliphatic carbocycles. The van der Waals surface area contributed by atoms with Crippen molar-refractivity contribution >= 4 is 5.91 Å². The van der Waals surface area contributed by atoms with Gasteiger partial charge < -0.3 is 10.1 Å². The molecular formula is C17H19N3O3. The smallest absolute Gasteiger partial charge is 0.264 e. The highest BCUT2D eigenvalue weighted by Gasteiger charge is 2.21. The summed E-state index contributed by atoms with van der Waals surface area (Å²) in [5.74, 6) is -0.132. The van der Waals surface area contributed by atoms with Crippen molar-refractivity contribution in [2.45, 2.75) is 31.9 Å². The molecule has 1 amide bonds. The molecule has 0 saturated carbocycles. The zero-order chi connectivity index (χ0) is 16.1. The summed E-state index contributed by atoms with van der Waals surface area (Å²) in [5.41, 5.74) is 2.66. The van der Waals surface area contributed by atoms with Gasteiger partial charge in [-0.25, -0.2) is 5.10 Å². The molecule has 0 aliphatic heterocycles. The Balaban J connectivity index is 1.46. The van der Waals surface area contributed by atoms with Crippen molar-refractivity contribution in [3.8, 4) is 0 Å². The molecule has 3 rings (SSSR count). The Kier molecular flexibility index (Phi) is 4.83. The third-order valence-corrected chi connectivity index (χ3v) is 3.88. The van der Waals surface area contributed by atoms with E-state index in [1.165, 1.54) is 0 Å². The Morgan fingerprint density at radius 3 is 3.00 bits per heavy atom. The number of hydrogen-bond acceptors (Lipinski definition) is 4. The summed E-state index contributed by atoms with van der Waals surface area (Å²) in [6.45, 7) is 0.451. The van der Waals surface area contributed by atoms with Crippen LogP contribution in [0.2, 0.25) is 0 Å². The van der Waals surface area contributed by atoms with Gasteiger partial charge in [-0.2, -0.15) is 5.10 Å². The lowest BCUT2D eigenvalue weighted by molar-refractivity contribution is -0.126. The van der Waals surface area contributed by atoms with Gasteiger partial charge in [0.2, 0.25) is 5.91 Å². The van der Waals surface area contributed by atoms with Crippen molar-refractivity contribution in [3.05, 3.63) is 63.6 Å². The lowest BCUT2D eigenvalue weighted by Crippen LogP contribution is -2.41. The number of hydrogen-bond donors (Lipinski definition) is 2. The topological polar surface area (TPSA) is 84.1 Å². The molecule has 6 nitrogen and oxygen atoms in total. The quantitative estimate of drug-likeness (QED) is 0.861. The number of aromatic amines is 1. The minimum absolute atomic E-state index is 0.0268. The van der Waals surface area contributed by atoms with E-state index >= 15 is 0 Å². The first kappa shape index (κ1) is 15.4. The Bertz CT molecular complexity index is 727. The predicted octanol–water partition coefficient (Wildman–Crippen LogP) is 0.960. The van der Waals surface area contributed by atoms with E-state index in [4.69, 9.17) is 4.74 Å². The molecule has 0 fully saturated rings. The zero-order valence-electron chi connectivity index (χ0n) is 12.7. The summed E-state index contributed by atoms with van der Waals surface area (Å²) < 4.78 is 5.43. The number of aromatic nitrogens is 2. The maximum atomic E-state index is 12.0. The molecule has 1 aromatic carbocycles. The Morgan fingerprint density at radius 1 is 1.35 bits per heavy atom. The van der Waals surface area contributed by atoms with Crippen LogP contribution in [-0.4, -0.2) is 28.8 Å². The van der Waals surface area contributed by atoms with Gasteiger partial charge in [0.25, 0.3) is 5.56 Å². The van der Waals surface area contributed by atoms with Gasteiger partial charge in [-0.15, -0.1) is 0 Å². The third-order valence-electron chi connectivity index (χ3n) is 3.88. The van der Waals surface area contributed by atoms with Crippen LogP contribution >= 0.6 is 0 Å². The number of amides is 1. The molecule has 1 unspecified atom stereocenters. The molecule has 0 radical (unpaired) electrons. The molecule has 0 saturated heterocycles. The zero-order valence-corrected chi connectivity index (χ0v) is 12.7. The number of nitrogens with one attached hydrogen (secondary N) is 2. The van der Waals surface area contributed by atoms with Crippen molar-refractivity contribution in [2.24, 2.45) is 0 Å². The van der Waals surface area contributed by atoms with E-state index in [0.717, 1.165) is 29.7 Å². The van der Waals surface area contributed by atoms with Crippen LogP contribution in [0, 0.1) is 0 Å². The molecule has 2 N–H and O–H groups in total. The van der Waals surface area contributed by atoms with E-state index in [2.05, 4.69) is 15.5 Å². The van der Waals surface area contributed by atoms with Crippen molar-refractivity contribution in [1.29, 1.82) is 0 Å². The second kappa shape index (κ2) is 7.19. The van der Waals surface area contributed by atoms with Crippen LogP contribution in [0.1, 0.15) is 23.2 Å². The average molecular weight is 313 g/mol. The fraction of sp³-hybridized carbons (Fsp3) is 0.353. The Labute approximate surface area is 133 Å². The van der Waals surface area contributed by atoms with Gasteiger partial charge in [0.15, 0.2) is 0 Å². The summed E-state index contributed by atoms with van der Waals surface area (Å²) in [6, 6.07) is 11.3. The van der Waals surface area contributed by atoms with Crippen LogP contribution in [0.25, 0.3) is 0 Å². The van der Waals surface area contributed by atoms with Gasteiger partial charge in [-0.3, -0.25) is 9.59 Å². The molecule has 0 bridgehead atoms. The minimum atomic E-state index is -0.207. The first-order valence-corrected chi connectivity index (χ1v) is 7.69. The normalized spacial score (nSPS) is 16.6. The maximum Gasteiger partial charge on any atom is 0.264 e. The van der Waals surface area contributed by atoms with Gasteiger partial charge in [0.05, 0.1) is 12.3 Å². The van der Waals surface area contributed by atoms with Gasteiger partial charge in [0.1, 0.15) is 6.61 Å². The first-order valence-electron chi connectivity index (χ1n) is 7.69. The number of fused-ring (bicyclic) bond motifs is 1. The lowest BCUT2D eigenvalue weighted by atomic mass is 9.92. The molecule has 6 heteroatoms. The molecule has 1 atom stereocenters. The predicted molar refractivity (Wildman–Crippen MR) is 84.9 cm³/mol. The van der Waals surface area contributed by atoms with E-state index in [9.17, 15) is 9.59 Å². The third kappa shape index (κ3) is 4.26. The number of carbonyl (C=O) groups is 1. The number of rotatable bonds is 5. The SMILES string of the molecule is O=C(COCc1ccccc1)NC1CCc2n[nH]c(=O)cc2C1.